The number of nitrogens with one attached hydrogen (secondary N) is 1. The van der Waals surface area contributed by atoms with E-state index in [0.29, 0.717) is 4.88 Å². The van der Waals surface area contributed by atoms with Crippen molar-refractivity contribution in [3.05, 3.63) is 16.1 Å². The first-order valence-corrected chi connectivity index (χ1v) is 6.95. The normalized spacial score (nSPS) is 15.2. The number of carbonyl (C=O) groups excluding carboxylic acids is 1. The fourth-order valence-electron chi connectivity index (χ4n) is 1.30. The largest absolute Gasteiger partial charge is 0.396 e. The Bertz CT molecular complexity index is 409. The number of hydrogen-bond donors (Lipinski definition) is 2. The number of aromatic nitrogens is 1. The summed E-state index contributed by atoms with van der Waals surface area (Å²) in [5, 5.41) is 12.9. The fraction of sp³-hybridized carbons (Fsp3) is 0.692. The van der Waals surface area contributed by atoms with E-state index in [-0.39, 0.29) is 29.9 Å². The van der Waals surface area contributed by atoms with Crippen molar-refractivity contribution in [2.24, 2.45) is 5.92 Å². The Labute approximate surface area is 112 Å². The van der Waals surface area contributed by atoms with Crippen LogP contribution in [-0.4, -0.2) is 28.6 Å². The van der Waals surface area contributed by atoms with Gasteiger partial charge in [-0.3, -0.25) is 4.79 Å². The highest BCUT2D eigenvalue weighted by Crippen LogP contribution is 2.26. The summed E-state index contributed by atoms with van der Waals surface area (Å²) in [7, 11) is 0. The van der Waals surface area contributed by atoms with Crippen molar-refractivity contribution in [3.8, 4) is 0 Å². The number of aliphatic hydroxyl groups excluding tert-OH is 1. The molecule has 0 saturated carbocycles. The predicted molar refractivity (Wildman–Crippen MR) is 74.0 cm³/mol. The SMILES string of the molecule is CC(CO)C(C)NC(=O)c1cnc(C(C)(C)C)s1. The number of carbonyl (C=O) groups is 1. The molecule has 1 aromatic heterocycles. The van der Waals surface area contributed by atoms with Gasteiger partial charge in [0.2, 0.25) is 0 Å². The summed E-state index contributed by atoms with van der Waals surface area (Å²) in [4.78, 5) is 16.9. The molecule has 1 amide bonds. The van der Waals surface area contributed by atoms with Crippen LogP contribution in [0.5, 0.6) is 0 Å². The van der Waals surface area contributed by atoms with Gasteiger partial charge in [-0.25, -0.2) is 4.98 Å². The molecule has 18 heavy (non-hydrogen) atoms. The second-order valence-electron chi connectivity index (χ2n) is 5.70. The van der Waals surface area contributed by atoms with Crippen molar-refractivity contribution in [2.45, 2.75) is 46.1 Å². The molecule has 0 spiro atoms. The maximum atomic E-state index is 12.0. The molecule has 102 valence electrons. The molecule has 0 aliphatic carbocycles. The lowest BCUT2D eigenvalue weighted by Crippen LogP contribution is -2.38. The van der Waals surface area contributed by atoms with Crippen molar-refractivity contribution in [1.82, 2.24) is 10.3 Å². The van der Waals surface area contributed by atoms with Crippen LogP contribution in [-0.2, 0) is 5.41 Å². The third-order valence-electron chi connectivity index (χ3n) is 2.87. The van der Waals surface area contributed by atoms with E-state index in [4.69, 9.17) is 5.11 Å². The molecule has 4 nitrogen and oxygen atoms in total. The first-order chi connectivity index (χ1) is 8.25. The molecule has 0 bridgehead atoms. The first-order valence-electron chi connectivity index (χ1n) is 6.13. The van der Waals surface area contributed by atoms with E-state index in [2.05, 4.69) is 31.1 Å². The van der Waals surface area contributed by atoms with Crippen LogP contribution in [0.25, 0.3) is 0 Å². The minimum absolute atomic E-state index is 0.0345. The number of nitrogens with zero attached hydrogens (tertiary/aromatic N) is 1. The Morgan fingerprint density at radius 1 is 1.50 bits per heavy atom. The van der Waals surface area contributed by atoms with Gasteiger partial charge in [0.05, 0.1) is 11.2 Å². The van der Waals surface area contributed by atoms with Gasteiger partial charge in [-0.05, 0) is 12.8 Å². The summed E-state index contributed by atoms with van der Waals surface area (Å²) in [6, 6.07) is -0.0531. The van der Waals surface area contributed by atoms with Crippen LogP contribution < -0.4 is 5.32 Å². The molecule has 0 radical (unpaired) electrons. The standard InChI is InChI=1S/C13H22N2O2S/c1-8(7-16)9(2)15-11(17)10-6-14-12(18-10)13(3,4)5/h6,8-9,16H,7H2,1-5H3,(H,15,17). The molecule has 0 fully saturated rings. The third kappa shape index (κ3) is 3.78. The highest BCUT2D eigenvalue weighted by atomic mass is 32.1. The first kappa shape index (κ1) is 15.1. The lowest BCUT2D eigenvalue weighted by atomic mass is 9.98. The Balaban J connectivity index is 2.71. The van der Waals surface area contributed by atoms with Gasteiger partial charge < -0.3 is 10.4 Å². The van der Waals surface area contributed by atoms with Crippen molar-refractivity contribution in [3.63, 3.8) is 0 Å². The van der Waals surface area contributed by atoms with E-state index in [9.17, 15) is 4.79 Å². The van der Waals surface area contributed by atoms with Crippen LogP contribution in [0.15, 0.2) is 6.20 Å². The number of aliphatic hydroxyl groups is 1. The highest BCUT2D eigenvalue weighted by molar-refractivity contribution is 7.13. The van der Waals surface area contributed by atoms with Crippen LogP contribution in [0, 0.1) is 5.92 Å². The second kappa shape index (κ2) is 5.80. The van der Waals surface area contributed by atoms with E-state index in [1.165, 1.54) is 11.3 Å². The van der Waals surface area contributed by atoms with E-state index in [1.807, 2.05) is 13.8 Å². The molecule has 2 unspecified atom stereocenters. The van der Waals surface area contributed by atoms with Gasteiger partial charge in [0.1, 0.15) is 4.88 Å². The molecule has 0 aliphatic rings. The third-order valence-corrected chi connectivity index (χ3v) is 4.29. The smallest absolute Gasteiger partial charge is 0.263 e. The molecule has 1 rings (SSSR count). The number of amides is 1. The van der Waals surface area contributed by atoms with Crippen LogP contribution >= 0.6 is 11.3 Å². The molecule has 2 atom stereocenters. The average Bonchev–Trinajstić information content (AvgIpc) is 2.76. The zero-order chi connectivity index (χ0) is 13.9. The summed E-state index contributed by atoms with van der Waals surface area (Å²) in [5.74, 6) is -0.0697. The van der Waals surface area contributed by atoms with Crippen LogP contribution in [0.1, 0.15) is 49.3 Å². The number of hydrogen-bond acceptors (Lipinski definition) is 4. The zero-order valence-corrected chi connectivity index (χ0v) is 12.5. The van der Waals surface area contributed by atoms with Gasteiger partial charge in [-0.1, -0.05) is 27.7 Å². The molecular weight excluding hydrogens is 248 g/mol. The summed E-state index contributed by atoms with van der Waals surface area (Å²) in [6.07, 6.45) is 1.62. The van der Waals surface area contributed by atoms with Crippen molar-refractivity contribution < 1.29 is 9.90 Å². The summed E-state index contributed by atoms with van der Waals surface area (Å²) >= 11 is 1.42. The summed E-state index contributed by atoms with van der Waals surface area (Å²) < 4.78 is 0. The topological polar surface area (TPSA) is 62.2 Å². The number of thiazole rings is 1. The van der Waals surface area contributed by atoms with Gasteiger partial charge in [0.15, 0.2) is 0 Å². The second-order valence-corrected chi connectivity index (χ2v) is 6.73. The van der Waals surface area contributed by atoms with Crippen molar-refractivity contribution in [2.75, 3.05) is 6.61 Å². The fourth-order valence-corrected chi connectivity index (χ4v) is 2.18. The summed E-state index contributed by atoms with van der Waals surface area (Å²) in [6.45, 7) is 10.1. The lowest BCUT2D eigenvalue weighted by molar-refractivity contribution is 0.0920. The maximum Gasteiger partial charge on any atom is 0.263 e. The predicted octanol–water partition coefficient (Wildman–Crippen LogP) is 2.19. The number of rotatable bonds is 4. The Hall–Kier alpha value is -0.940. The Kier molecular flexibility index (Phi) is 4.87. The monoisotopic (exact) mass is 270 g/mol. The average molecular weight is 270 g/mol. The molecule has 1 heterocycles. The van der Waals surface area contributed by atoms with Gasteiger partial charge in [0.25, 0.3) is 5.91 Å². The molecular formula is C13H22N2O2S. The van der Waals surface area contributed by atoms with E-state index >= 15 is 0 Å². The molecule has 0 aromatic carbocycles. The van der Waals surface area contributed by atoms with Gasteiger partial charge in [-0.15, -0.1) is 11.3 Å². The Morgan fingerprint density at radius 2 is 2.11 bits per heavy atom. The van der Waals surface area contributed by atoms with Gasteiger partial charge in [-0.2, -0.15) is 0 Å². The van der Waals surface area contributed by atoms with Crippen LogP contribution in [0.2, 0.25) is 0 Å². The minimum atomic E-state index is -0.115. The quantitative estimate of drug-likeness (QED) is 0.881. The zero-order valence-electron chi connectivity index (χ0n) is 11.7. The highest BCUT2D eigenvalue weighted by Gasteiger charge is 2.21. The van der Waals surface area contributed by atoms with E-state index in [0.717, 1.165) is 5.01 Å². The molecule has 1 aromatic rings. The van der Waals surface area contributed by atoms with E-state index in [1.54, 1.807) is 6.20 Å². The Morgan fingerprint density at radius 3 is 2.56 bits per heavy atom. The van der Waals surface area contributed by atoms with E-state index < -0.39 is 0 Å². The van der Waals surface area contributed by atoms with Crippen LogP contribution in [0.4, 0.5) is 0 Å². The van der Waals surface area contributed by atoms with Crippen LogP contribution in [0.3, 0.4) is 0 Å². The van der Waals surface area contributed by atoms with Gasteiger partial charge >= 0.3 is 0 Å². The molecule has 5 heteroatoms. The van der Waals surface area contributed by atoms with Crippen molar-refractivity contribution in [1.29, 1.82) is 0 Å². The lowest BCUT2D eigenvalue weighted by Gasteiger charge is -2.18. The maximum absolute atomic E-state index is 12.0. The van der Waals surface area contributed by atoms with Gasteiger partial charge in [0, 0.05) is 18.1 Å². The summed E-state index contributed by atoms with van der Waals surface area (Å²) in [5.41, 5.74) is -0.0345. The molecule has 0 aliphatic heterocycles. The minimum Gasteiger partial charge on any atom is -0.396 e. The molecule has 2 N–H and O–H groups in total. The molecule has 0 saturated heterocycles. The van der Waals surface area contributed by atoms with Crippen molar-refractivity contribution >= 4 is 17.2 Å².